The molecule has 0 atom stereocenters. The number of Topliss-reactive ketones (excluding diaryl/α,β-unsaturated/α-hetero) is 1. The van der Waals surface area contributed by atoms with E-state index in [0.717, 1.165) is 4.47 Å². The van der Waals surface area contributed by atoms with E-state index in [-0.39, 0.29) is 31.0 Å². The topological polar surface area (TPSA) is 111 Å². The van der Waals surface area contributed by atoms with Crippen LogP contribution in [0.3, 0.4) is 0 Å². The van der Waals surface area contributed by atoms with Crippen LogP contribution < -0.4 is 15.4 Å². The molecule has 8 nitrogen and oxygen atoms in total. The van der Waals surface area contributed by atoms with Gasteiger partial charge in [0.1, 0.15) is 11.5 Å². The van der Waals surface area contributed by atoms with Crippen LogP contribution in [0.4, 0.5) is 11.4 Å². The summed E-state index contributed by atoms with van der Waals surface area (Å²) in [5, 5.41) is 5.35. The van der Waals surface area contributed by atoms with Crippen molar-refractivity contribution in [3.63, 3.8) is 0 Å². The second-order valence-corrected chi connectivity index (χ2v) is 8.74. The van der Waals surface area contributed by atoms with Crippen LogP contribution in [0.1, 0.15) is 36.5 Å². The number of ether oxygens (including phenoxy) is 2. The fourth-order valence-corrected chi connectivity index (χ4v) is 3.33. The molecule has 0 spiro atoms. The van der Waals surface area contributed by atoms with Gasteiger partial charge in [-0.3, -0.25) is 19.2 Å². The summed E-state index contributed by atoms with van der Waals surface area (Å²) in [6.07, 6.45) is 0.415. The standard InChI is InChI=1S/C27H25BrN2O6/c1-18(31)19-5-9-21(10-6-19)30-26(33)17-35-27(34)4-2-3-25(32)29-22-11-15-24(16-12-22)36-23-13-7-20(28)8-14-23/h5-16H,2-4,17H2,1H3,(H,29,32)(H,30,33). The number of nitrogens with one attached hydrogen (secondary N) is 2. The lowest BCUT2D eigenvalue weighted by Gasteiger charge is -2.09. The number of carbonyl (C=O) groups is 4. The van der Waals surface area contributed by atoms with Gasteiger partial charge in [-0.25, -0.2) is 0 Å². The maximum absolute atomic E-state index is 12.2. The molecule has 0 saturated heterocycles. The minimum atomic E-state index is -0.570. The third-order valence-corrected chi connectivity index (χ3v) is 5.44. The first kappa shape index (κ1) is 26.6. The van der Waals surface area contributed by atoms with Crippen molar-refractivity contribution < 1.29 is 28.7 Å². The van der Waals surface area contributed by atoms with Crippen LogP contribution >= 0.6 is 15.9 Å². The molecule has 0 unspecified atom stereocenters. The molecule has 36 heavy (non-hydrogen) atoms. The van der Waals surface area contributed by atoms with Crippen molar-refractivity contribution in [3.05, 3.63) is 82.8 Å². The molecule has 0 aliphatic rings. The molecule has 0 aliphatic heterocycles. The molecule has 0 aliphatic carbocycles. The third kappa shape index (κ3) is 8.99. The van der Waals surface area contributed by atoms with Gasteiger partial charge in [0.05, 0.1) is 0 Å². The molecule has 0 radical (unpaired) electrons. The summed E-state index contributed by atoms with van der Waals surface area (Å²) in [7, 11) is 0. The van der Waals surface area contributed by atoms with E-state index in [0.29, 0.717) is 28.4 Å². The lowest BCUT2D eigenvalue weighted by molar-refractivity contribution is -0.147. The van der Waals surface area contributed by atoms with Crippen LogP contribution in [0, 0.1) is 0 Å². The number of hydrogen-bond donors (Lipinski definition) is 2. The van der Waals surface area contributed by atoms with Gasteiger partial charge in [0.25, 0.3) is 5.91 Å². The number of esters is 1. The summed E-state index contributed by atoms with van der Waals surface area (Å²) in [6.45, 7) is 1.02. The van der Waals surface area contributed by atoms with Crippen molar-refractivity contribution in [1.29, 1.82) is 0 Å². The summed E-state index contributed by atoms with van der Waals surface area (Å²) in [5.41, 5.74) is 1.63. The quantitative estimate of drug-likeness (QED) is 0.232. The Morgan fingerprint density at radius 2 is 1.25 bits per heavy atom. The number of carbonyl (C=O) groups excluding carboxylic acids is 4. The fourth-order valence-electron chi connectivity index (χ4n) is 3.07. The molecule has 2 N–H and O–H groups in total. The predicted molar refractivity (Wildman–Crippen MR) is 139 cm³/mol. The molecular formula is C27H25BrN2O6. The number of amides is 2. The van der Waals surface area contributed by atoms with E-state index < -0.39 is 18.5 Å². The van der Waals surface area contributed by atoms with Crippen LogP contribution in [0.5, 0.6) is 11.5 Å². The summed E-state index contributed by atoms with van der Waals surface area (Å²) in [5.74, 6) is -0.0480. The largest absolute Gasteiger partial charge is 0.457 e. The van der Waals surface area contributed by atoms with E-state index in [4.69, 9.17) is 9.47 Å². The van der Waals surface area contributed by atoms with E-state index in [1.807, 2.05) is 24.3 Å². The minimum absolute atomic E-state index is 0.00791. The summed E-state index contributed by atoms with van der Waals surface area (Å²) >= 11 is 3.37. The second-order valence-electron chi connectivity index (χ2n) is 7.82. The van der Waals surface area contributed by atoms with Crippen LogP contribution in [-0.2, 0) is 19.1 Å². The van der Waals surface area contributed by atoms with Gasteiger partial charge in [-0.2, -0.15) is 0 Å². The Morgan fingerprint density at radius 1 is 0.722 bits per heavy atom. The summed E-state index contributed by atoms with van der Waals surface area (Å²) < 4.78 is 11.7. The van der Waals surface area contributed by atoms with Crippen molar-refractivity contribution in [2.24, 2.45) is 0 Å². The molecular weight excluding hydrogens is 528 g/mol. The second kappa shape index (κ2) is 13.2. The molecule has 3 aromatic rings. The molecule has 2 amide bonds. The summed E-state index contributed by atoms with van der Waals surface area (Å²) in [6, 6.07) is 20.8. The van der Waals surface area contributed by atoms with Crippen molar-refractivity contribution in [2.75, 3.05) is 17.2 Å². The predicted octanol–water partition coefficient (Wildman–Crippen LogP) is 5.73. The monoisotopic (exact) mass is 552 g/mol. The molecule has 0 aromatic heterocycles. The van der Waals surface area contributed by atoms with Crippen molar-refractivity contribution in [1.82, 2.24) is 0 Å². The number of rotatable bonds is 11. The van der Waals surface area contributed by atoms with Gasteiger partial charge in [-0.05, 0) is 86.1 Å². The van der Waals surface area contributed by atoms with Crippen molar-refractivity contribution >= 4 is 50.9 Å². The summed E-state index contributed by atoms with van der Waals surface area (Å²) in [4.78, 5) is 47.2. The molecule has 3 aromatic carbocycles. The fraction of sp³-hybridized carbons (Fsp3) is 0.185. The van der Waals surface area contributed by atoms with Gasteiger partial charge in [0.2, 0.25) is 5.91 Å². The first-order valence-electron chi connectivity index (χ1n) is 11.2. The number of anilines is 2. The van der Waals surface area contributed by atoms with Gasteiger partial charge in [-0.15, -0.1) is 0 Å². The van der Waals surface area contributed by atoms with Gasteiger partial charge >= 0.3 is 5.97 Å². The third-order valence-electron chi connectivity index (χ3n) is 4.91. The van der Waals surface area contributed by atoms with E-state index in [1.54, 1.807) is 48.5 Å². The molecule has 0 saturated carbocycles. The minimum Gasteiger partial charge on any atom is -0.457 e. The first-order valence-corrected chi connectivity index (χ1v) is 12.0. The molecule has 0 heterocycles. The number of benzene rings is 3. The van der Waals surface area contributed by atoms with Gasteiger partial charge in [0, 0.05) is 34.3 Å². The highest BCUT2D eigenvalue weighted by Crippen LogP contribution is 2.24. The normalized spacial score (nSPS) is 10.3. The maximum Gasteiger partial charge on any atom is 0.306 e. The Balaban J connectivity index is 1.32. The van der Waals surface area contributed by atoms with Gasteiger partial charge < -0.3 is 20.1 Å². The van der Waals surface area contributed by atoms with Crippen molar-refractivity contribution in [2.45, 2.75) is 26.2 Å². The van der Waals surface area contributed by atoms with E-state index in [9.17, 15) is 19.2 Å². The molecule has 186 valence electrons. The van der Waals surface area contributed by atoms with Gasteiger partial charge in [-0.1, -0.05) is 15.9 Å². The van der Waals surface area contributed by atoms with Crippen LogP contribution in [0.25, 0.3) is 0 Å². The average molecular weight is 553 g/mol. The molecule has 9 heteroatoms. The van der Waals surface area contributed by atoms with Crippen LogP contribution in [-0.4, -0.2) is 30.2 Å². The highest BCUT2D eigenvalue weighted by atomic mass is 79.9. The zero-order valence-electron chi connectivity index (χ0n) is 19.6. The Hall–Kier alpha value is -3.98. The first-order chi connectivity index (χ1) is 17.3. The molecule has 0 bridgehead atoms. The SMILES string of the molecule is CC(=O)c1ccc(NC(=O)COC(=O)CCCC(=O)Nc2ccc(Oc3ccc(Br)cc3)cc2)cc1. The number of ketones is 1. The van der Waals surface area contributed by atoms with E-state index in [1.165, 1.54) is 6.92 Å². The Kier molecular flexibility index (Phi) is 9.76. The van der Waals surface area contributed by atoms with E-state index >= 15 is 0 Å². The van der Waals surface area contributed by atoms with Gasteiger partial charge in [0.15, 0.2) is 12.4 Å². The molecule has 0 fully saturated rings. The Bertz CT molecular complexity index is 1210. The number of halogens is 1. The average Bonchev–Trinajstić information content (AvgIpc) is 2.86. The highest BCUT2D eigenvalue weighted by Gasteiger charge is 2.10. The lowest BCUT2D eigenvalue weighted by atomic mass is 10.1. The lowest BCUT2D eigenvalue weighted by Crippen LogP contribution is -2.21. The van der Waals surface area contributed by atoms with E-state index in [2.05, 4.69) is 26.6 Å². The maximum atomic E-state index is 12.2. The van der Waals surface area contributed by atoms with Crippen LogP contribution in [0.2, 0.25) is 0 Å². The zero-order valence-corrected chi connectivity index (χ0v) is 21.2. The zero-order chi connectivity index (χ0) is 25.9. The van der Waals surface area contributed by atoms with Crippen molar-refractivity contribution in [3.8, 4) is 11.5 Å². The highest BCUT2D eigenvalue weighted by molar-refractivity contribution is 9.10. The Morgan fingerprint density at radius 3 is 1.83 bits per heavy atom. The molecule has 3 rings (SSSR count). The Labute approximate surface area is 217 Å². The smallest absolute Gasteiger partial charge is 0.306 e. The number of hydrogen-bond acceptors (Lipinski definition) is 6. The van der Waals surface area contributed by atoms with Crippen LogP contribution in [0.15, 0.2) is 77.3 Å².